The second-order valence-electron chi connectivity index (χ2n) is 6.56. The molecule has 1 aliphatic rings. The molecule has 1 heterocycles. The molecule has 0 unspecified atom stereocenters. The van der Waals surface area contributed by atoms with Gasteiger partial charge < -0.3 is 19.3 Å². The Bertz CT molecular complexity index is 796. The lowest BCUT2D eigenvalue weighted by Crippen LogP contribution is -2.49. The van der Waals surface area contributed by atoms with E-state index in [1.807, 2.05) is 4.90 Å². The van der Waals surface area contributed by atoms with Gasteiger partial charge in [-0.1, -0.05) is 12.1 Å². The van der Waals surface area contributed by atoms with Gasteiger partial charge in [-0.15, -0.1) is 0 Å². The van der Waals surface area contributed by atoms with Gasteiger partial charge in [-0.25, -0.2) is 0 Å². The van der Waals surface area contributed by atoms with Crippen LogP contribution in [-0.2, 0) is 0 Å². The van der Waals surface area contributed by atoms with Crippen LogP contribution in [0.4, 0.5) is 5.69 Å². The third-order valence-corrected chi connectivity index (χ3v) is 5.12. The van der Waals surface area contributed by atoms with E-state index in [1.165, 1.54) is 16.8 Å². The zero-order chi connectivity index (χ0) is 18.7. The lowest BCUT2D eigenvalue weighted by Gasteiger charge is -2.37. The van der Waals surface area contributed by atoms with Gasteiger partial charge in [0.1, 0.15) is 11.5 Å². The second-order valence-corrected chi connectivity index (χ2v) is 6.56. The number of nitrogens with zero attached hydrogens (tertiary/aromatic N) is 2. The summed E-state index contributed by atoms with van der Waals surface area (Å²) in [6.45, 7) is 7.34. The van der Waals surface area contributed by atoms with E-state index < -0.39 is 0 Å². The fraction of sp³-hybridized carbons (Fsp3) is 0.381. The molecule has 1 aliphatic heterocycles. The van der Waals surface area contributed by atoms with Crippen LogP contribution in [0.1, 0.15) is 21.5 Å². The predicted molar refractivity (Wildman–Crippen MR) is 104 cm³/mol. The van der Waals surface area contributed by atoms with Crippen molar-refractivity contribution in [2.45, 2.75) is 13.8 Å². The minimum Gasteiger partial charge on any atom is -0.497 e. The first-order valence-electron chi connectivity index (χ1n) is 8.87. The summed E-state index contributed by atoms with van der Waals surface area (Å²) in [6.07, 6.45) is 0. The van der Waals surface area contributed by atoms with E-state index in [4.69, 9.17) is 9.47 Å². The Morgan fingerprint density at radius 2 is 1.69 bits per heavy atom. The van der Waals surface area contributed by atoms with Gasteiger partial charge in [0.15, 0.2) is 0 Å². The molecular formula is C21H26N2O3. The number of benzene rings is 2. The summed E-state index contributed by atoms with van der Waals surface area (Å²) in [6, 6.07) is 11.7. The van der Waals surface area contributed by atoms with Gasteiger partial charge in [-0.2, -0.15) is 0 Å². The molecule has 0 saturated carbocycles. The van der Waals surface area contributed by atoms with Crippen molar-refractivity contribution in [1.82, 2.24) is 4.90 Å². The monoisotopic (exact) mass is 354 g/mol. The third kappa shape index (κ3) is 3.47. The molecule has 0 N–H and O–H groups in total. The number of carbonyl (C=O) groups is 1. The number of methoxy groups -OCH3 is 2. The summed E-state index contributed by atoms with van der Waals surface area (Å²) >= 11 is 0. The van der Waals surface area contributed by atoms with Crippen LogP contribution >= 0.6 is 0 Å². The number of aryl methyl sites for hydroxylation is 1. The average molecular weight is 354 g/mol. The van der Waals surface area contributed by atoms with Crippen LogP contribution in [0.5, 0.6) is 11.5 Å². The standard InChI is InChI=1S/C21H26N2O3/c1-15-6-5-7-19(16(15)2)22-10-12-23(13-11-22)21(24)18-9-8-17(25-3)14-20(18)26-4/h5-9,14H,10-13H2,1-4H3. The van der Waals surface area contributed by atoms with Crippen molar-refractivity contribution in [1.29, 1.82) is 0 Å². The van der Waals surface area contributed by atoms with E-state index in [0.29, 0.717) is 30.2 Å². The highest BCUT2D eigenvalue weighted by Gasteiger charge is 2.25. The summed E-state index contributed by atoms with van der Waals surface area (Å²) in [5.41, 5.74) is 4.45. The molecule has 0 aromatic heterocycles. The van der Waals surface area contributed by atoms with E-state index in [-0.39, 0.29) is 5.91 Å². The van der Waals surface area contributed by atoms with Gasteiger partial charge in [0, 0.05) is 37.9 Å². The first kappa shape index (κ1) is 18.1. The summed E-state index contributed by atoms with van der Waals surface area (Å²) in [4.78, 5) is 17.2. The fourth-order valence-electron chi connectivity index (χ4n) is 3.37. The quantitative estimate of drug-likeness (QED) is 0.845. The van der Waals surface area contributed by atoms with Crippen LogP contribution < -0.4 is 14.4 Å². The molecule has 1 amide bonds. The van der Waals surface area contributed by atoms with Crippen molar-refractivity contribution in [3.63, 3.8) is 0 Å². The summed E-state index contributed by atoms with van der Waals surface area (Å²) in [7, 11) is 3.17. The first-order chi connectivity index (χ1) is 12.5. The van der Waals surface area contributed by atoms with Crippen LogP contribution in [0.3, 0.4) is 0 Å². The Labute approximate surface area is 155 Å². The predicted octanol–water partition coefficient (Wildman–Crippen LogP) is 3.28. The number of rotatable bonds is 4. The molecule has 0 spiro atoms. The Hall–Kier alpha value is -2.69. The molecule has 0 aliphatic carbocycles. The molecule has 1 saturated heterocycles. The van der Waals surface area contributed by atoms with Crippen LogP contribution in [-0.4, -0.2) is 51.2 Å². The van der Waals surface area contributed by atoms with Crippen molar-refractivity contribution in [3.05, 3.63) is 53.1 Å². The number of hydrogen-bond donors (Lipinski definition) is 0. The molecular weight excluding hydrogens is 328 g/mol. The maximum absolute atomic E-state index is 12.9. The van der Waals surface area contributed by atoms with Crippen LogP contribution in [0.15, 0.2) is 36.4 Å². The normalized spacial score (nSPS) is 14.3. The van der Waals surface area contributed by atoms with E-state index in [1.54, 1.807) is 32.4 Å². The number of amides is 1. The van der Waals surface area contributed by atoms with Gasteiger partial charge in [-0.3, -0.25) is 4.79 Å². The van der Waals surface area contributed by atoms with E-state index >= 15 is 0 Å². The lowest BCUT2D eigenvalue weighted by molar-refractivity contribution is 0.0743. The van der Waals surface area contributed by atoms with Crippen LogP contribution in [0, 0.1) is 13.8 Å². The third-order valence-electron chi connectivity index (χ3n) is 5.12. The molecule has 5 nitrogen and oxygen atoms in total. The van der Waals surface area contributed by atoms with Gasteiger partial charge in [-0.05, 0) is 43.2 Å². The van der Waals surface area contributed by atoms with Crippen LogP contribution in [0.2, 0.25) is 0 Å². The molecule has 0 radical (unpaired) electrons. The minimum atomic E-state index is 0.00474. The highest BCUT2D eigenvalue weighted by Crippen LogP contribution is 2.27. The Balaban J connectivity index is 1.72. The highest BCUT2D eigenvalue weighted by molar-refractivity contribution is 5.97. The molecule has 26 heavy (non-hydrogen) atoms. The molecule has 1 fully saturated rings. The maximum atomic E-state index is 12.9. The Kier molecular flexibility index (Phi) is 5.35. The van der Waals surface area contributed by atoms with Gasteiger partial charge >= 0.3 is 0 Å². The number of ether oxygens (including phenoxy) is 2. The smallest absolute Gasteiger partial charge is 0.257 e. The van der Waals surface area contributed by atoms with Crippen molar-refractivity contribution < 1.29 is 14.3 Å². The summed E-state index contributed by atoms with van der Waals surface area (Å²) < 4.78 is 10.6. The van der Waals surface area contributed by atoms with Gasteiger partial charge in [0.25, 0.3) is 5.91 Å². The molecule has 0 atom stereocenters. The highest BCUT2D eigenvalue weighted by atomic mass is 16.5. The topological polar surface area (TPSA) is 42.0 Å². The molecule has 5 heteroatoms. The van der Waals surface area contributed by atoms with Gasteiger partial charge in [0.2, 0.25) is 0 Å². The van der Waals surface area contributed by atoms with E-state index in [2.05, 4.69) is 36.9 Å². The lowest BCUT2D eigenvalue weighted by atomic mass is 10.1. The van der Waals surface area contributed by atoms with E-state index in [0.717, 1.165) is 13.1 Å². The largest absolute Gasteiger partial charge is 0.497 e. The minimum absolute atomic E-state index is 0.00474. The zero-order valence-electron chi connectivity index (χ0n) is 15.9. The van der Waals surface area contributed by atoms with Crippen LogP contribution in [0.25, 0.3) is 0 Å². The molecule has 3 rings (SSSR count). The average Bonchev–Trinajstić information content (AvgIpc) is 2.69. The summed E-state index contributed by atoms with van der Waals surface area (Å²) in [5.74, 6) is 1.23. The molecule has 138 valence electrons. The fourth-order valence-corrected chi connectivity index (χ4v) is 3.37. The summed E-state index contributed by atoms with van der Waals surface area (Å²) in [5, 5.41) is 0. The zero-order valence-corrected chi connectivity index (χ0v) is 15.9. The second kappa shape index (κ2) is 7.68. The molecule has 0 bridgehead atoms. The number of anilines is 1. The van der Waals surface area contributed by atoms with Crippen molar-refractivity contribution >= 4 is 11.6 Å². The van der Waals surface area contributed by atoms with E-state index in [9.17, 15) is 4.79 Å². The number of hydrogen-bond acceptors (Lipinski definition) is 4. The Morgan fingerprint density at radius 1 is 0.962 bits per heavy atom. The van der Waals surface area contributed by atoms with Crippen molar-refractivity contribution in [2.24, 2.45) is 0 Å². The van der Waals surface area contributed by atoms with Crippen molar-refractivity contribution in [3.8, 4) is 11.5 Å². The maximum Gasteiger partial charge on any atom is 0.257 e. The molecule has 2 aromatic carbocycles. The number of piperazine rings is 1. The molecule has 2 aromatic rings. The SMILES string of the molecule is COc1ccc(C(=O)N2CCN(c3cccc(C)c3C)CC2)c(OC)c1. The van der Waals surface area contributed by atoms with Crippen molar-refractivity contribution in [2.75, 3.05) is 45.3 Å². The first-order valence-corrected chi connectivity index (χ1v) is 8.87. The number of carbonyl (C=O) groups excluding carboxylic acids is 1. The van der Waals surface area contributed by atoms with Gasteiger partial charge in [0.05, 0.1) is 19.8 Å². The Morgan fingerprint density at radius 3 is 2.35 bits per heavy atom.